The highest BCUT2D eigenvalue weighted by molar-refractivity contribution is 6.24. The van der Waals surface area contributed by atoms with Crippen LogP contribution in [-0.4, -0.2) is 5.78 Å². The Morgan fingerprint density at radius 1 is 0.385 bits per heavy atom. The summed E-state index contributed by atoms with van der Waals surface area (Å²) in [5.41, 5.74) is 8.25. The molecule has 5 rings (SSSR count). The lowest BCUT2D eigenvalue weighted by atomic mass is 9.87. The van der Waals surface area contributed by atoms with Crippen LogP contribution in [0.15, 0.2) is 97.1 Å². The summed E-state index contributed by atoms with van der Waals surface area (Å²) in [7, 11) is 0. The molecule has 0 bridgehead atoms. The van der Waals surface area contributed by atoms with Gasteiger partial charge in [-0.05, 0) is 33.9 Å². The predicted octanol–water partition coefficient (Wildman–Crippen LogP) is 6.23. The summed E-state index contributed by atoms with van der Waals surface area (Å²) >= 11 is 0. The van der Waals surface area contributed by atoms with E-state index in [1.54, 1.807) is 0 Å². The number of ketones is 1. The van der Waals surface area contributed by atoms with Gasteiger partial charge < -0.3 is 0 Å². The lowest BCUT2D eigenvalue weighted by Gasteiger charge is -2.16. The van der Waals surface area contributed by atoms with E-state index in [9.17, 15) is 4.79 Å². The Kier molecular flexibility index (Phi) is 3.32. The lowest BCUT2D eigenvalue weighted by Crippen LogP contribution is -1.96. The minimum absolute atomic E-state index is 0.118. The van der Waals surface area contributed by atoms with Crippen LogP contribution in [-0.2, 0) is 0 Å². The first-order valence-corrected chi connectivity index (χ1v) is 8.76. The normalized spacial score (nSPS) is 11.9. The molecule has 0 saturated carbocycles. The Morgan fingerprint density at radius 3 is 1.62 bits per heavy atom. The van der Waals surface area contributed by atoms with E-state index >= 15 is 0 Å². The van der Waals surface area contributed by atoms with Crippen LogP contribution in [0.5, 0.6) is 0 Å². The van der Waals surface area contributed by atoms with Gasteiger partial charge in [0.2, 0.25) is 0 Å². The molecule has 1 heteroatoms. The van der Waals surface area contributed by atoms with E-state index in [2.05, 4.69) is 48.5 Å². The Morgan fingerprint density at radius 2 is 0.923 bits per heavy atom. The van der Waals surface area contributed by atoms with Crippen molar-refractivity contribution in [3.63, 3.8) is 0 Å². The maximum absolute atomic E-state index is 12.9. The molecular formula is C25H16O. The van der Waals surface area contributed by atoms with Crippen molar-refractivity contribution in [1.29, 1.82) is 0 Å². The van der Waals surface area contributed by atoms with Crippen LogP contribution in [0.1, 0.15) is 15.9 Å². The van der Waals surface area contributed by atoms with Gasteiger partial charge in [0.15, 0.2) is 5.78 Å². The molecule has 0 saturated heterocycles. The van der Waals surface area contributed by atoms with E-state index in [1.807, 2.05) is 48.5 Å². The third-order valence-electron chi connectivity index (χ3n) is 5.04. The topological polar surface area (TPSA) is 17.1 Å². The van der Waals surface area contributed by atoms with Gasteiger partial charge in [0.1, 0.15) is 0 Å². The van der Waals surface area contributed by atoms with Crippen LogP contribution in [0.4, 0.5) is 0 Å². The van der Waals surface area contributed by atoms with Gasteiger partial charge in [-0.2, -0.15) is 0 Å². The number of benzene rings is 4. The van der Waals surface area contributed by atoms with Crippen molar-refractivity contribution < 1.29 is 4.79 Å². The maximum Gasteiger partial charge on any atom is 0.194 e. The van der Waals surface area contributed by atoms with E-state index in [1.165, 1.54) is 0 Å². The summed E-state index contributed by atoms with van der Waals surface area (Å²) in [5, 5.41) is 0. The van der Waals surface area contributed by atoms with Crippen LogP contribution >= 0.6 is 0 Å². The first-order valence-electron chi connectivity index (χ1n) is 8.76. The molecule has 0 spiro atoms. The molecular weight excluding hydrogens is 316 g/mol. The molecule has 0 atom stereocenters. The van der Waals surface area contributed by atoms with Gasteiger partial charge >= 0.3 is 0 Å². The standard InChI is InChI=1S/C25H16O/c26-25-21-14-8-7-13-20(21)24-22(25)16-15-19(17-9-3-1-4-10-17)23(24)18-11-5-2-6-12-18/h1-16H. The third-order valence-corrected chi connectivity index (χ3v) is 5.04. The maximum atomic E-state index is 12.9. The Bertz CT molecular complexity index is 1130. The van der Waals surface area contributed by atoms with Gasteiger partial charge in [0.05, 0.1) is 0 Å². The smallest absolute Gasteiger partial charge is 0.194 e. The van der Waals surface area contributed by atoms with Crippen LogP contribution < -0.4 is 0 Å². The van der Waals surface area contributed by atoms with E-state index < -0.39 is 0 Å². The van der Waals surface area contributed by atoms with E-state index in [0.29, 0.717) is 0 Å². The van der Waals surface area contributed by atoms with E-state index in [4.69, 9.17) is 0 Å². The zero-order valence-electron chi connectivity index (χ0n) is 14.1. The fourth-order valence-corrected chi connectivity index (χ4v) is 3.88. The fourth-order valence-electron chi connectivity index (χ4n) is 3.88. The van der Waals surface area contributed by atoms with Gasteiger partial charge in [-0.25, -0.2) is 0 Å². The molecule has 0 heterocycles. The number of carbonyl (C=O) groups is 1. The lowest BCUT2D eigenvalue weighted by molar-refractivity contribution is 0.104. The van der Waals surface area contributed by atoms with Crippen LogP contribution in [0.2, 0.25) is 0 Å². The summed E-state index contributed by atoms with van der Waals surface area (Å²) in [6, 6.07) is 32.7. The van der Waals surface area contributed by atoms with Crippen molar-refractivity contribution in [2.75, 3.05) is 0 Å². The molecule has 1 aliphatic rings. The van der Waals surface area contributed by atoms with E-state index in [0.717, 1.165) is 44.5 Å². The van der Waals surface area contributed by atoms with Crippen molar-refractivity contribution in [1.82, 2.24) is 0 Å². The second kappa shape index (κ2) is 5.82. The molecule has 1 nitrogen and oxygen atoms in total. The summed E-state index contributed by atoms with van der Waals surface area (Å²) in [4.78, 5) is 12.9. The number of hydrogen-bond acceptors (Lipinski definition) is 1. The van der Waals surface area contributed by atoms with Crippen molar-refractivity contribution in [2.45, 2.75) is 0 Å². The van der Waals surface area contributed by atoms with Crippen molar-refractivity contribution in [3.8, 4) is 33.4 Å². The van der Waals surface area contributed by atoms with Crippen molar-refractivity contribution >= 4 is 5.78 Å². The van der Waals surface area contributed by atoms with Crippen molar-refractivity contribution in [3.05, 3.63) is 108 Å². The first kappa shape index (κ1) is 14.9. The second-order valence-electron chi connectivity index (χ2n) is 6.52. The van der Waals surface area contributed by atoms with Gasteiger partial charge in [-0.15, -0.1) is 0 Å². The van der Waals surface area contributed by atoms with Crippen molar-refractivity contribution in [2.24, 2.45) is 0 Å². The summed E-state index contributed by atoms with van der Waals surface area (Å²) < 4.78 is 0. The summed E-state index contributed by atoms with van der Waals surface area (Å²) in [6.45, 7) is 0. The highest BCUT2D eigenvalue weighted by Gasteiger charge is 2.30. The molecule has 0 fully saturated rings. The SMILES string of the molecule is O=C1c2ccccc2-c2c1ccc(-c1ccccc1)c2-c1ccccc1. The van der Waals surface area contributed by atoms with Gasteiger partial charge in [0, 0.05) is 16.7 Å². The van der Waals surface area contributed by atoms with Crippen LogP contribution in [0.25, 0.3) is 33.4 Å². The Hall–Kier alpha value is -3.45. The summed E-state index contributed by atoms with van der Waals surface area (Å²) in [5.74, 6) is 0.118. The Labute approximate surface area is 152 Å². The monoisotopic (exact) mass is 332 g/mol. The molecule has 0 amide bonds. The highest BCUT2D eigenvalue weighted by Crippen LogP contribution is 2.47. The molecule has 0 radical (unpaired) electrons. The molecule has 0 aromatic heterocycles. The van der Waals surface area contributed by atoms with Crippen LogP contribution in [0, 0.1) is 0 Å². The van der Waals surface area contributed by atoms with Gasteiger partial charge in [-0.3, -0.25) is 4.79 Å². The number of rotatable bonds is 2. The largest absolute Gasteiger partial charge is 0.289 e. The highest BCUT2D eigenvalue weighted by atomic mass is 16.1. The van der Waals surface area contributed by atoms with Gasteiger partial charge in [-0.1, -0.05) is 91.0 Å². The minimum Gasteiger partial charge on any atom is -0.289 e. The minimum atomic E-state index is 0.118. The number of fused-ring (bicyclic) bond motifs is 3. The average molecular weight is 332 g/mol. The molecule has 122 valence electrons. The molecule has 26 heavy (non-hydrogen) atoms. The fraction of sp³-hybridized carbons (Fsp3) is 0. The quantitative estimate of drug-likeness (QED) is 0.374. The molecule has 0 unspecified atom stereocenters. The first-order chi connectivity index (χ1) is 12.8. The molecule has 0 N–H and O–H groups in total. The Balaban J connectivity index is 1.91. The second-order valence-corrected chi connectivity index (χ2v) is 6.52. The average Bonchev–Trinajstić information content (AvgIpc) is 3.01. The number of hydrogen-bond donors (Lipinski definition) is 0. The van der Waals surface area contributed by atoms with E-state index in [-0.39, 0.29) is 5.78 Å². The zero-order valence-corrected chi connectivity index (χ0v) is 14.1. The third kappa shape index (κ3) is 2.14. The predicted molar refractivity (Wildman–Crippen MR) is 106 cm³/mol. The molecule has 4 aromatic carbocycles. The summed E-state index contributed by atoms with van der Waals surface area (Å²) in [6.07, 6.45) is 0. The molecule has 1 aliphatic carbocycles. The zero-order chi connectivity index (χ0) is 17.5. The van der Waals surface area contributed by atoms with Gasteiger partial charge in [0.25, 0.3) is 0 Å². The van der Waals surface area contributed by atoms with Crippen LogP contribution in [0.3, 0.4) is 0 Å². The molecule has 0 aliphatic heterocycles. The number of carbonyl (C=O) groups excluding carboxylic acids is 1. The molecule has 4 aromatic rings.